The topological polar surface area (TPSA) is 42.0 Å². The second-order valence-corrected chi connectivity index (χ2v) is 7.43. The van der Waals surface area contributed by atoms with E-state index in [1.54, 1.807) is 7.11 Å². The lowest BCUT2D eigenvalue weighted by molar-refractivity contribution is -0.132. The van der Waals surface area contributed by atoms with Crippen molar-refractivity contribution in [2.24, 2.45) is 0 Å². The van der Waals surface area contributed by atoms with E-state index in [0.717, 1.165) is 64.0 Å². The molecule has 0 radical (unpaired) electrons. The second-order valence-electron chi connectivity index (χ2n) is 7.43. The van der Waals surface area contributed by atoms with Gasteiger partial charge in [-0.15, -0.1) is 0 Å². The molecule has 1 aromatic carbocycles. The molecule has 2 fully saturated rings. The Hall–Kier alpha value is -1.59. The number of piperidine rings is 2. The first-order chi connectivity index (χ1) is 12.7. The van der Waals surface area contributed by atoms with Gasteiger partial charge < -0.3 is 19.3 Å². The number of aryl methyl sites for hydroxylation is 1. The monoisotopic (exact) mass is 360 g/mol. The van der Waals surface area contributed by atoms with E-state index in [0.29, 0.717) is 18.6 Å². The minimum absolute atomic E-state index is 0.289. The minimum Gasteiger partial charge on any atom is -0.497 e. The fraction of sp³-hybridized carbons (Fsp3) is 0.667. The highest BCUT2D eigenvalue weighted by Gasteiger charge is 2.29. The number of carbonyl (C=O) groups excluding carboxylic acids is 1. The summed E-state index contributed by atoms with van der Waals surface area (Å²) in [6.07, 6.45) is 6.31. The molecule has 0 aliphatic carbocycles. The maximum Gasteiger partial charge on any atom is 0.222 e. The number of nitrogens with zero attached hydrogens (tertiary/aromatic N) is 2. The van der Waals surface area contributed by atoms with Gasteiger partial charge in [0.05, 0.1) is 13.2 Å². The van der Waals surface area contributed by atoms with Gasteiger partial charge in [-0.25, -0.2) is 0 Å². The molecule has 0 atom stereocenters. The molecule has 5 heteroatoms. The number of benzene rings is 1. The summed E-state index contributed by atoms with van der Waals surface area (Å²) in [7, 11) is 3.48. The lowest BCUT2D eigenvalue weighted by Gasteiger charge is -2.41. The van der Waals surface area contributed by atoms with Crippen LogP contribution in [0.4, 0.5) is 0 Å². The van der Waals surface area contributed by atoms with Crippen LogP contribution in [-0.4, -0.2) is 68.3 Å². The average molecular weight is 360 g/mol. The van der Waals surface area contributed by atoms with Gasteiger partial charge in [-0.3, -0.25) is 4.79 Å². The Morgan fingerprint density at radius 2 is 1.65 bits per heavy atom. The van der Waals surface area contributed by atoms with E-state index in [4.69, 9.17) is 9.47 Å². The number of likely N-dealkylation sites (tertiary alicyclic amines) is 2. The third-order valence-electron chi connectivity index (χ3n) is 5.93. The Kier molecular flexibility index (Phi) is 6.92. The third kappa shape index (κ3) is 4.98. The molecule has 2 aliphatic heterocycles. The Morgan fingerprint density at radius 1 is 1.00 bits per heavy atom. The number of rotatable bonds is 6. The molecule has 2 heterocycles. The fourth-order valence-electron chi connectivity index (χ4n) is 4.16. The third-order valence-corrected chi connectivity index (χ3v) is 5.93. The molecule has 2 aliphatic rings. The van der Waals surface area contributed by atoms with Crippen LogP contribution in [0, 0.1) is 0 Å². The van der Waals surface area contributed by atoms with Gasteiger partial charge in [-0.05, 0) is 49.8 Å². The molecule has 0 spiro atoms. The van der Waals surface area contributed by atoms with Crippen LogP contribution >= 0.6 is 0 Å². The first kappa shape index (κ1) is 19.2. The molecule has 2 saturated heterocycles. The Morgan fingerprint density at radius 3 is 2.23 bits per heavy atom. The SMILES string of the molecule is COc1ccc(CCC(=O)N2CCC(N3CCC(OC)CC3)CC2)cc1. The lowest BCUT2D eigenvalue weighted by atomic mass is 9.98. The summed E-state index contributed by atoms with van der Waals surface area (Å²) in [5.41, 5.74) is 1.19. The van der Waals surface area contributed by atoms with E-state index in [9.17, 15) is 4.79 Å². The standard InChI is InChI=1S/C21H32N2O3/c1-25-19-6-3-17(4-7-19)5-8-21(24)23-13-9-18(10-14-23)22-15-11-20(26-2)12-16-22/h3-4,6-7,18,20H,5,8-16H2,1-2H3. The average Bonchev–Trinajstić information content (AvgIpc) is 2.72. The second kappa shape index (κ2) is 9.38. The van der Waals surface area contributed by atoms with Crippen molar-refractivity contribution >= 4 is 5.91 Å². The first-order valence-corrected chi connectivity index (χ1v) is 9.87. The van der Waals surface area contributed by atoms with Gasteiger partial charge in [-0.1, -0.05) is 12.1 Å². The smallest absolute Gasteiger partial charge is 0.222 e. The fourth-order valence-corrected chi connectivity index (χ4v) is 4.16. The molecule has 0 unspecified atom stereocenters. The highest BCUT2D eigenvalue weighted by atomic mass is 16.5. The van der Waals surface area contributed by atoms with Crippen molar-refractivity contribution in [3.05, 3.63) is 29.8 Å². The maximum absolute atomic E-state index is 12.5. The van der Waals surface area contributed by atoms with Crippen molar-refractivity contribution in [3.8, 4) is 5.75 Å². The zero-order chi connectivity index (χ0) is 18.4. The quantitative estimate of drug-likeness (QED) is 0.782. The van der Waals surface area contributed by atoms with Crippen LogP contribution in [-0.2, 0) is 16.0 Å². The molecule has 0 saturated carbocycles. The van der Waals surface area contributed by atoms with Crippen molar-refractivity contribution in [3.63, 3.8) is 0 Å². The van der Waals surface area contributed by atoms with Gasteiger partial charge in [-0.2, -0.15) is 0 Å². The summed E-state index contributed by atoms with van der Waals surface area (Å²) in [6.45, 7) is 4.07. The van der Waals surface area contributed by atoms with E-state index in [-0.39, 0.29) is 5.91 Å². The Balaban J connectivity index is 1.39. The van der Waals surface area contributed by atoms with E-state index < -0.39 is 0 Å². The number of hydrogen-bond acceptors (Lipinski definition) is 4. The zero-order valence-electron chi connectivity index (χ0n) is 16.2. The van der Waals surface area contributed by atoms with Gasteiger partial charge in [0, 0.05) is 45.8 Å². The van der Waals surface area contributed by atoms with Crippen LogP contribution in [0.1, 0.15) is 37.7 Å². The summed E-state index contributed by atoms with van der Waals surface area (Å²) in [6, 6.07) is 8.64. The number of methoxy groups -OCH3 is 2. The van der Waals surface area contributed by atoms with Crippen molar-refractivity contribution in [1.29, 1.82) is 0 Å². The van der Waals surface area contributed by atoms with Crippen LogP contribution in [0.5, 0.6) is 5.75 Å². The van der Waals surface area contributed by atoms with E-state index >= 15 is 0 Å². The summed E-state index contributed by atoms with van der Waals surface area (Å²) in [5, 5.41) is 0. The van der Waals surface area contributed by atoms with Gasteiger partial charge >= 0.3 is 0 Å². The minimum atomic E-state index is 0.289. The molecule has 0 aromatic heterocycles. The predicted molar refractivity (Wildman–Crippen MR) is 103 cm³/mol. The molecule has 0 N–H and O–H groups in total. The van der Waals surface area contributed by atoms with E-state index in [2.05, 4.69) is 9.80 Å². The largest absolute Gasteiger partial charge is 0.497 e. The van der Waals surface area contributed by atoms with Crippen LogP contribution < -0.4 is 4.74 Å². The molecule has 1 aromatic rings. The number of amides is 1. The normalized spacial score (nSPS) is 20.3. The van der Waals surface area contributed by atoms with Crippen molar-refractivity contribution in [2.45, 2.75) is 50.7 Å². The van der Waals surface area contributed by atoms with Gasteiger partial charge in [0.25, 0.3) is 0 Å². The summed E-state index contributed by atoms with van der Waals surface area (Å²) in [5.74, 6) is 1.15. The highest BCUT2D eigenvalue weighted by Crippen LogP contribution is 2.22. The summed E-state index contributed by atoms with van der Waals surface area (Å²) in [4.78, 5) is 17.2. The number of hydrogen-bond donors (Lipinski definition) is 0. The lowest BCUT2D eigenvalue weighted by Crippen LogP contribution is -2.49. The molecule has 5 nitrogen and oxygen atoms in total. The molecular formula is C21H32N2O3. The van der Waals surface area contributed by atoms with Crippen molar-refractivity contribution in [1.82, 2.24) is 9.80 Å². The first-order valence-electron chi connectivity index (χ1n) is 9.87. The van der Waals surface area contributed by atoms with Crippen molar-refractivity contribution in [2.75, 3.05) is 40.4 Å². The zero-order valence-corrected chi connectivity index (χ0v) is 16.2. The van der Waals surface area contributed by atoms with E-state index in [1.165, 1.54) is 5.56 Å². The molecule has 3 rings (SSSR count). The number of ether oxygens (including phenoxy) is 2. The van der Waals surface area contributed by atoms with Crippen LogP contribution in [0.15, 0.2) is 24.3 Å². The summed E-state index contributed by atoms with van der Waals surface area (Å²) < 4.78 is 10.6. The summed E-state index contributed by atoms with van der Waals surface area (Å²) >= 11 is 0. The highest BCUT2D eigenvalue weighted by molar-refractivity contribution is 5.76. The maximum atomic E-state index is 12.5. The molecule has 0 bridgehead atoms. The molecular weight excluding hydrogens is 328 g/mol. The Labute approximate surface area is 157 Å². The predicted octanol–water partition coefficient (Wildman–Crippen LogP) is 2.73. The van der Waals surface area contributed by atoms with Crippen molar-refractivity contribution < 1.29 is 14.3 Å². The van der Waals surface area contributed by atoms with Crippen LogP contribution in [0.2, 0.25) is 0 Å². The van der Waals surface area contributed by atoms with E-state index in [1.807, 2.05) is 31.4 Å². The molecule has 144 valence electrons. The van der Waals surface area contributed by atoms with Gasteiger partial charge in [0.2, 0.25) is 5.91 Å². The molecule has 26 heavy (non-hydrogen) atoms. The Bertz CT molecular complexity index is 559. The van der Waals surface area contributed by atoms with Crippen LogP contribution in [0.3, 0.4) is 0 Å². The molecule has 1 amide bonds. The van der Waals surface area contributed by atoms with Gasteiger partial charge in [0.1, 0.15) is 5.75 Å². The van der Waals surface area contributed by atoms with Gasteiger partial charge in [0.15, 0.2) is 0 Å². The van der Waals surface area contributed by atoms with Crippen LogP contribution in [0.25, 0.3) is 0 Å². The number of carbonyl (C=O) groups is 1.